The van der Waals surface area contributed by atoms with Gasteiger partial charge in [-0.3, -0.25) is 0 Å². The fraction of sp³-hybridized carbons (Fsp3) is 0.412. The normalized spacial score (nSPS) is 16.0. The third-order valence-corrected chi connectivity index (χ3v) is 3.58. The van der Waals surface area contributed by atoms with Gasteiger partial charge in [-0.05, 0) is 30.1 Å². The average Bonchev–Trinajstić information content (AvgIpc) is 3.03. The highest BCUT2D eigenvalue weighted by Gasteiger charge is 2.25. The molecule has 5 N–H and O–H groups in total. The monoisotopic (exact) mass is 333 g/mol. The first kappa shape index (κ1) is 18.0. The summed E-state index contributed by atoms with van der Waals surface area (Å²) in [5.41, 5.74) is 8.87. The summed E-state index contributed by atoms with van der Waals surface area (Å²) < 4.78 is 5.67. The van der Waals surface area contributed by atoms with E-state index in [0.29, 0.717) is 18.8 Å². The molecule has 0 radical (unpaired) electrons. The molecule has 1 aliphatic rings. The first-order valence-corrected chi connectivity index (χ1v) is 7.79. The van der Waals surface area contributed by atoms with Gasteiger partial charge in [0.1, 0.15) is 0 Å². The van der Waals surface area contributed by atoms with E-state index in [9.17, 15) is 10.2 Å². The van der Waals surface area contributed by atoms with Crippen molar-refractivity contribution >= 4 is 17.2 Å². The van der Waals surface area contributed by atoms with Crippen LogP contribution in [0.2, 0.25) is 0 Å². The van der Waals surface area contributed by atoms with E-state index >= 15 is 0 Å². The van der Waals surface area contributed by atoms with Gasteiger partial charge in [-0.2, -0.15) is 0 Å². The van der Waals surface area contributed by atoms with E-state index in [-0.39, 0.29) is 26.4 Å². The second-order valence-corrected chi connectivity index (χ2v) is 5.24. The van der Waals surface area contributed by atoms with Crippen LogP contribution in [0.15, 0.2) is 41.1 Å². The third kappa shape index (κ3) is 4.37. The first-order chi connectivity index (χ1) is 11.7. The van der Waals surface area contributed by atoms with Crippen LogP contribution in [0.1, 0.15) is 11.7 Å². The van der Waals surface area contributed by atoms with E-state index in [4.69, 9.17) is 15.6 Å². The van der Waals surface area contributed by atoms with Crippen molar-refractivity contribution in [3.05, 3.63) is 41.7 Å². The van der Waals surface area contributed by atoms with Gasteiger partial charge < -0.3 is 30.7 Å². The number of nitrogens with two attached hydrogens (primary N) is 1. The quantitative estimate of drug-likeness (QED) is 0.400. The first-order valence-electron chi connectivity index (χ1n) is 7.79. The topological polar surface area (TPSA) is 112 Å². The van der Waals surface area contributed by atoms with Crippen molar-refractivity contribution in [1.82, 2.24) is 0 Å². The van der Waals surface area contributed by atoms with Crippen molar-refractivity contribution in [1.29, 1.82) is 0 Å². The second kappa shape index (κ2) is 9.10. The van der Waals surface area contributed by atoms with E-state index < -0.39 is 6.10 Å². The number of hydrogen-bond acceptors (Lipinski definition) is 7. The van der Waals surface area contributed by atoms with Gasteiger partial charge in [0, 0.05) is 30.0 Å². The van der Waals surface area contributed by atoms with Gasteiger partial charge in [0.25, 0.3) is 0 Å². The minimum absolute atomic E-state index is 0.0335. The Kier molecular flexibility index (Phi) is 6.84. The maximum atomic E-state index is 9.28. The number of rotatable bonds is 8. The van der Waals surface area contributed by atoms with E-state index in [1.165, 1.54) is 0 Å². The van der Waals surface area contributed by atoms with Gasteiger partial charge in [0.2, 0.25) is 0 Å². The summed E-state index contributed by atoms with van der Waals surface area (Å²) in [6.07, 6.45) is 2.91. The second-order valence-electron chi connectivity index (χ2n) is 5.24. The zero-order valence-electron chi connectivity index (χ0n) is 13.4. The number of nitrogens with zero attached hydrogens (tertiary/aromatic N) is 2. The number of hydrogen-bond donors (Lipinski definition) is 4. The lowest BCUT2D eigenvalue weighted by Crippen LogP contribution is -2.31. The van der Waals surface area contributed by atoms with Crippen LogP contribution in [0.5, 0.6) is 0 Å². The average molecular weight is 333 g/mol. The van der Waals surface area contributed by atoms with E-state index in [0.717, 1.165) is 16.8 Å². The molecule has 7 nitrogen and oxygen atoms in total. The summed E-state index contributed by atoms with van der Waals surface area (Å²) in [4.78, 5) is 5.90. The fourth-order valence-corrected chi connectivity index (χ4v) is 2.55. The standard InChI is InChI=1S/C17H23N3O4/c18-14-1-2-16(20(5-8-22)6-9-23)15(11-14)17-13(3-10-24-17)12-19-4-7-21/h1-3,10-11,17,21-23H,4-9,18H2. The lowest BCUT2D eigenvalue weighted by Gasteiger charge is -2.27. The van der Waals surface area contributed by atoms with Crippen LogP contribution >= 0.6 is 0 Å². The van der Waals surface area contributed by atoms with Crippen LogP contribution in [0, 0.1) is 0 Å². The van der Waals surface area contributed by atoms with Crippen LogP contribution in [-0.2, 0) is 4.74 Å². The van der Waals surface area contributed by atoms with Crippen molar-refractivity contribution in [2.24, 2.45) is 4.99 Å². The van der Waals surface area contributed by atoms with Crippen LogP contribution in [0.3, 0.4) is 0 Å². The minimum Gasteiger partial charge on any atom is -0.488 e. The predicted octanol–water partition coefficient (Wildman–Crippen LogP) is 0.233. The van der Waals surface area contributed by atoms with Crippen LogP contribution in [-0.4, -0.2) is 60.6 Å². The van der Waals surface area contributed by atoms with E-state index in [2.05, 4.69) is 10.9 Å². The molecule has 0 bridgehead atoms. The molecule has 7 heteroatoms. The Balaban J connectivity index is 2.41. The fourth-order valence-electron chi connectivity index (χ4n) is 2.55. The molecule has 0 fully saturated rings. The Bertz CT molecular complexity index is 633. The summed E-state index contributed by atoms with van der Waals surface area (Å²) in [5.74, 6) is 2.89. The lowest BCUT2D eigenvalue weighted by molar-refractivity contribution is 0.201. The van der Waals surface area contributed by atoms with Gasteiger partial charge in [-0.25, -0.2) is 4.99 Å². The molecule has 0 aliphatic carbocycles. The maximum absolute atomic E-state index is 9.28. The van der Waals surface area contributed by atoms with Crippen molar-refractivity contribution in [2.45, 2.75) is 6.10 Å². The molecule has 1 unspecified atom stereocenters. The number of anilines is 2. The van der Waals surface area contributed by atoms with Crippen LogP contribution in [0.25, 0.3) is 0 Å². The van der Waals surface area contributed by atoms with Gasteiger partial charge in [0.05, 0.1) is 38.2 Å². The maximum Gasteiger partial charge on any atom is 0.159 e. The molecule has 1 atom stereocenters. The molecule has 24 heavy (non-hydrogen) atoms. The molecule has 0 saturated heterocycles. The highest BCUT2D eigenvalue weighted by Crippen LogP contribution is 2.37. The molecule has 2 rings (SSSR count). The molecule has 1 aliphatic heterocycles. The molecule has 0 saturated carbocycles. The number of nitrogen functional groups attached to an aromatic ring is 1. The minimum atomic E-state index is -0.425. The number of aliphatic hydroxyl groups excluding tert-OH is 3. The van der Waals surface area contributed by atoms with Gasteiger partial charge in [-0.15, -0.1) is 0 Å². The molecule has 0 aromatic heterocycles. The Morgan fingerprint density at radius 1 is 1.17 bits per heavy atom. The molecule has 0 spiro atoms. The predicted molar refractivity (Wildman–Crippen MR) is 93.1 cm³/mol. The summed E-state index contributed by atoms with van der Waals surface area (Å²) in [6.45, 7) is 0.932. The Morgan fingerprint density at radius 3 is 2.58 bits per heavy atom. The van der Waals surface area contributed by atoms with Crippen molar-refractivity contribution in [2.75, 3.05) is 50.1 Å². The van der Waals surface area contributed by atoms with Crippen LogP contribution < -0.4 is 10.6 Å². The smallest absolute Gasteiger partial charge is 0.159 e. The lowest BCUT2D eigenvalue weighted by atomic mass is 10.00. The number of aliphatic imine (C=N–C) groups is 1. The van der Waals surface area contributed by atoms with Crippen molar-refractivity contribution < 1.29 is 20.1 Å². The molecule has 130 valence electrons. The Morgan fingerprint density at radius 2 is 1.92 bits per heavy atom. The third-order valence-electron chi connectivity index (χ3n) is 3.58. The molecular formula is C17H23N3O4. The summed E-state index contributed by atoms with van der Waals surface area (Å²) in [7, 11) is 0. The van der Waals surface area contributed by atoms with Crippen molar-refractivity contribution in [3.63, 3.8) is 0 Å². The van der Waals surface area contributed by atoms with Crippen molar-refractivity contribution in [3.8, 4) is 0 Å². The molecular weight excluding hydrogens is 310 g/mol. The van der Waals surface area contributed by atoms with E-state index in [1.807, 2.05) is 17.0 Å². The Hall–Kier alpha value is -2.31. The largest absolute Gasteiger partial charge is 0.488 e. The molecule has 1 aromatic carbocycles. The summed E-state index contributed by atoms with van der Waals surface area (Å²) in [5, 5.41) is 27.4. The van der Waals surface area contributed by atoms with Gasteiger partial charge >= 0.3 is 0 Å². The highest BCUT2D eigenvalue weighted by atomic mass is 16.5. The number of benzene rings is 1. The number of ether oxygens (including phenoxy) is 1. The zero-order chi connectivity index (χ0) is 17.4. The molecule has 1 aromatic rings. The highest BCUT2D eigenvalue weighted by molar-refractivity contribution is 5.70. The van der Waals surface area contributed by atoms with Crippen LogP contribution in [0.4, 0.5) is 11.4 Å². The van der Waals surface area contributed by atoms with E-state index in [1.54, 1.807) is 18.4 Å². The molecule has 0 amide bonds. The van der Waals surface area contributed by atoms with Gasteiger partial charge in [0.15, 0.2) is 6.10 Å². The summed E-state index contributed by atoms with van der Waals surface area (Å²) >= 11 is 0. The van der Waals surface area contributed by atoms with Gasteiger partial charge in [-0.1, -0.05) is 0 Å². The Labute approximate surface area is 141 Å². The summed E-state index contributed by atoms with van der Waals surface area (Å²) in [6, 6.07) is 5.43. The SMILES string of the molecule is Nc1ccc(N(CCO)CCO)c(C2OC=CC2=C=NCCO)c1. The zero-order valence-corrected chi connectivity index (χ0v) is 13.4. The number of aliphatic hydroxyl groups is 3. The molecule has 1 heterocycles.